The van der Waals surface area contributed by atoms with Crippen molar-refractivity contribution in [3.05, 3.63) is 12.7 Å². The molecule has 5 nitrogen and oxygen atoms in total. The summed E-state index contributed by atoms with van der Waals surface area (Å²) in [6, 6.07) is 0.376. The number of aromatic nitrogens is 4. The molecule has 80 valence electrons. The molecular weight excluding hydrogens is 210 g/mol. The van der Waals surface area contributed by atoms with Crippen molar-refractivity contribution in [1.82, 2.24) is 19.9 Å². The van der Waals surface area contributed by atoms with Crippen LogP contribution in [0.1, 0.15) is 6.92 Å². The monoisotopic (exact) mass is 223 g/mol. The number of anilines is 1. The molecule has 2 aromatic heterocycles. The van der Waals surface area contributed by atoms with Crippen LogP contribution in [-0.4, -0.2) is 38.0 Å². The van der Waals surface area contributed by atoms with Crippen molar-refractivity contribution in [1.29, 1.82) is 0 Å². The largest absolute Gasteiger partial charge is 0.365 e. The summed E-state index contributed by atoms with van der Waals surface area (Å²) in [5.41, 5.74) is 1.56. The number of thioether (sulfide) groups is 1. The summed E-state index contributed by atoms with van der Waals surface area (Å²) in [5.74, 6) is 1.86. The SMILES string of the molecule is CSCC(C)Nc1ncnc2nc[nH]c12. The Labute approximate surface area is 92.1 Å². The highest BCUT2D eigenvalue weighted by Crippen LogP contribution is 2.15. The van der Waals surface area contributed by atoms with Crippen molar-refractivity contribution in [2.75, 3.05) is 17.3 Å². The molecule has 0 aliphatic heterocycles. The molecule has 0 aliphatic rings. The molecule has 1 unspecified atom stereocenters. The maximum absolute atomic E-state index is 4.20. The molecule has 15 heavy (non-hydrogen) atoms. The van der Waals surface area contributed by atoms with Gasteiger partial charge in [0.25, 0.3) is 0 Å². The molecule has 0 bridgehead atoms. The Balaban J connectivity index is 2.23. The maximum Gasteiger partial charge on any atom is 0.182 e. The van der Waals surface area contributed by atoms with Crippen LogP contribution in [0.4, 0.5) is 5.82 Å². The Morgan fingerprint density at radius 1 is 1.47 bits per heavy atom. The standard InChI is InChI=1S/C9H13N5S/c1-6(3-15-2)14-9-7-8(11-4-10-7)12-5-13-9/h4-6H,3H2,1-2H3,(H2,10,11,12,13,14). The Morgan fingerprint density at radius 2 is 2.33 bits per heavy atom. The summed E-state index contributed by atoms with van der Waals surface area (Å²) in [6.45, 7) is 2.13. The number of nitrogens with one attached hydrogen (secondary N) is 2. The highest BCUT2D eigenvalue weighted by Gasteiger charge is 2.07. The van der Waals surface area contributed by atoms with Gasteiger partial charge in [-0.25, -0.2) is 15.0 Å². The molecule has 0 radical (unpaired) electrons. The Morgan fingerprint density at radius 3 is 3.13 bits per heavy atom. The quantitative estimate of drug-likeness (QED) is 0.822. The molecule has 0 saturated carbocycles. The Bertz CT molecular complexity index is 441. The Hall–Kier alpha value is -1.30. The predicted octanol–water partition coefficient (Wildman–Crippen LogP) is 1.52. The zero-order valence-electron chi connectivity index (χ0n) is 8.69. The Kier molecular flexibility index (Phi) is 3.05. The van der Waals surface area contributed by atoms with Gasteiger partial charge in [-0.15, -0.1) is 0 Å². The van der Waals surface area contributed by atoms with E-state index in [4.69, 9.17) is 0 Å². The van der Waals surface area contributed by atoms with E-state index in [9.17, 15) is 0 Å². The second-order valence-electron chi connectivity index (χ2n) is 3.32. The van der Waals surface area contributed by atoms with Crippen molar-refractivity contribution < 1.29 is 0 Å². The highest BCUT2D eigenvalue weighted by atomic mass is 32.2. The first-order valence-electron chi connectivity index (χ1n) is 4.71. The molecule has 0 aromatic carbocycles. The molecule has 0 aliphatic carbocycles. The fourth-order valence-corrected chi connectivity index (χ4v) is 1.98. The highest BCUT2D eigenvalue weighted by molar-refractivity contribution is 7.98. The zero-order chi connectivity index (χ0) is 10.7. The molecular formula is C9H13N5S. The van der Waals surface area contributed by atoms with E-state index in [2.05, 4.69) is 38.4 Å². The summed E-state index contributed by atoms with van der Waals surface area (Å²) in [4.78, 5) is 15.4. The lowest BCUT2D eigenvalue weighted by Crippen LogP contribution is -2.18. The number of rotatable bonds is 4. The van der Waals surface area contributed by atoms with E-state index in [0.717, 1.165) is 17.1 Å². The van der Waals surface area contributed by atoms with Crippen LogP contribution in [0.15, 0.2) is 12.7 Å². The minimum Gasteiger partial charge on any atom is -0.365 e. The fraction of sp³-hybridized carbons (Fsp3) is 0.444. The van der Waals surface area contributed by atoms with Gasteiger partial charge in [0.05, 0.1) is 6.33 Å². The number of nitrogens with zero attached hydrogens (tertiary/aromatic N) is 3. The molecule has 2 N–H and O–H groups in total. The zero-order valence-corrected chi connectivity index (χ0v) is 9.51. The number of imidazole rings is 1. The smallest absolute Gasteiger partial charge is 0.182 e. The average Bonchev–Trinajstić information content (AvgIpc) is 2.67. The number of aromatic amines is 1. The lowest BCUT2D eigenvalue weighted by atomic mass is 10.4. The topological polar surface area (TPSA) is 66.5 Å². The van der Waals surface area contributed by atoms with Crippen LogP contribution < -0.4 is 5.32 Å². The summed E-state index contributed by atoms with van der Waals surface area (Å²) < 4.78 is 0. The maximum atomic E-state index is 4.20. The van der Waals surface area contributed by atoms with E-state index in [1.165, 1.54) is 6.33 Å². The minimum atomic E-state index is 0.376. The van der Waals surface area contributed by atoms with Crippen LogP contribution in [0.25, 0.3) is 11.2 Å². The third kappa shape index (κ3) is 2.20. The lowest BCUT2D eigenvalue weighted by Gasteiger charge is -2.12. The number of H-pyrrole nitrogens is 1. The summed E-state index contributed by atoms with van der Waals surface area (Å²) in [7, 11) is 0. The third-order valence-electron chi connectivity index (χ3n) is 2.02. The fourth-order valence-electron chi connectivity index (χ4n) is 1.40. The van der Waals surface area contributed by atoms with Gasteiger partial charge < -0.3 is 10.3 Å². The predicted molar refractivity (Wildman–Crippen MR) is 63.2 cm³/mol. The van der Waals surface area contributed by atoms with Gasteiger partial charge in [-0.1, -0.05) is 0 Å². The van der Waals surface area contributed by atoms with Crippen LogP contribution in [0.3, 0.4) is 0 Å². The van der Waals surface area contributed by atoms with E-state index in [1.54, 1.807) is 18.1 Å². The molecule has 2 rings (SSSR count). The number of hydrogen-bond donors (Lipinski definition) is 2. The van der Waals surface area contributed by atoms with E-state index in [1.807, 2.05) is 0 Å². The lowest BCUT2D eigenvalue weighted by molar-refractivity contribution is 0.903. The van der Waals surface area contributed by atoms with E-state index < -0.39 is 0 Å². The van der Waals surface area contributed by atoms with Gasteiger partial charge in [0.1, 0.15) is 11.8 Å². The van der Waals surface area contributed by atoms with Gasteiger partial charge in [0.2, 0.25) is 0 Å². The first kappa shape index (κ1) is 10.2. The molecule has 0 saturated heterocycles. The van der Waals surface area contributed by atoms with Crippen LogP contribution in [-0.2, 0) is 0 Å². The molecule has 0 spiro atoms. The third-order valence-corrected chi connectivity index (χ3v) is 2.86. The first-order valence-corrected chi connectivity index (χ1v) is 6.10. The van der Waals surface area contributed by atoms with Crippen molar-refractivity contribution in [3.63, 3.8) is 0 Å². The van der Waals surface area contributed by atoms with Crippen LogP contribution in [0.2, 0.25) is 0 Å². The molecule has 0 amide bonds. The van der Waals surface area contributed by atoms with Crippen molar-refractivity contribution in [3.8, 4) is 0 Å². The van der Waals surface area contributed by atoms with Gasteiger partial charge >= 0.3 is 0 Å². The van der Waals surface area contributed by atoms with Gasteiger partial charge in [-0.05, 0) is 13.2 Å². The van der Waals surface area contributed by atoms with Crippen LogP contribution in [0.5, 0.6) is 0 Å². The summed E-state index contributed by atoms with van der Waals surface area (Å²) in [5, 5.41) is 3.33. The second-order valence-corrected chi connectivity index (χ2v) is 4.23. The van der Waals surface area contributed by atoms with E-state index >= 15 is 0 Å². The summed E-state index contributed by atoms with van der Waals surface area (Å²) >= 11 is 1.80. The molecule has 2 aromatic rings. The number of hydrogen-bond acceptors (Lipinski definition) is 5. The van der Waals surface area contributed by atoms with Gasteiger partial charge in [0.15, 0.2) is 11.5 Å². The van der Waals surface area contributed by atoms with Gasteiger partial charge in [0, 0.05) is 11.8 Å². The van der Waals surface area contributed by atoms with Crippen LogP contribution in [0, 0.1) is 0 Å². The summed E-state index contributed by atoms with van der Waals surface area (Å²) in [6.07, 6.45) is 5.24. The van der Waals surface area contributed by atoms with Gasteiger partial charge in [-0.2, -0.15) is 11.8 Å². The molecule has 6 heteroatoms. The second kappa shape index (κ2) is 4.48. The van der Waals surface area contributed by atoms with E-state index in [0.29, 0.717) is 11.7 Å². The minimum absolute atomic E-state index is 0.376. The molecule has 1 atom stereocenters. The molecule has 2 heterocycles. The average molecular weight is 223 g/mol. The van der Waals surface area contributed by atoms with Crippen molar-refractivity contribution in [2.24, 2.45) is 0 Å². The number of fused-ring (bicyclic) bond motifs is 1. The van der Waals surface area contributed by atoms with Crippen LogP contribution >= 0.6 is 11.8 Å². The van der Waals surface area contributed by atoms with Gasteiger partial charge in [-0.3, -0.25) is 0 Å². The normalized spacial score (nSPS) is 12.9. The molecule has 0 fully saturated rings. The van der Waals surface area contributed by atoms with Crippen molar-refractivity contribution in [2.45, 2.75) is 13.0 Å². The first-order chi connectivity index (χ1) is 7.31. The van der Waals surface area contributed by atoms with Crippen molar-refractivity contribution >= 4 is 28.7 Å². The van der Waals surface area contributed by atoms with E-state index in [-0.39, 0.29) is 0 Å².